The minimum atomic E-state index is -2.84. The Bertz CT molecular complexity index is 426. The highest BCUT2D eigenvalue weighted by atomic mass is 32.1. The fraction of sp³-hybridized carbons (Fsp3) is 0.167. The molecule has 1 N–H and O–H groups in total. The molecule has 1 aromatic heterocycles. The molecular weight excluding hydrogens is 228 g/mol. The molecule has 0 bridgehead atoms. The van der Waals surface area contributed by atoms with Crippen LogP contribution in [0.4, 0.5) is 14.5 Å². The average Bonchev–Trinajstić information content (AvgIpc) is 2.81. The standard InChI is InChI=1S/C12H11F2NS/c13-12(14,10-4-2-1-3-5-10)9-15-11-6-7-16-8-11/h1-8,15H,9H2. The number of nitrogens with one attached hydrogen (secondary N) is 1. The summed E-state index contributed by atoms with van der Waals surface area (Å²) in [5.74, 6) is -2.84. The zero-order chi connectivity index (χ0) is 11.4. The average molecular weight is 239 g/mol. The van der Waals surface area contributed by atoms with Crippen LogP contribution in [0, 0.1) is 0 Å². The molecule has 1 heterocycles. The molecule has 0 saturated carbocycles. The van der Waals surface area contributed by atoms with Crippen molar-refractivity contribution in [2.24, 2.45) is 0 Å². The summed E-state index contributed by atoms with van der Waals surface area (Å²) in [6.07, 6.45) is 0. The van der Waals surface area contributed by atoms with Gasteiger partial charge in [-0.25, -0.2) is 0 Å². The van der Waals surface area contributed by atoms with Gasteiger partial charge in [-0.3, -0.25) is 0 Å². The van der Waals surface area contributed by atoms with Gasteiger partial charge in [-0.1, -0.05) is 30.3 Å². The molecule has 0 saturated heterocycles. The minimum absolute atomic E-state index is 0.0396. The van der Waals surface area contributed by atoms with E-state index in [1.54, 1.807) is 29.6 Å². The van der Waals surface area contributed by atoms with E-state index in [4.69, 9.17) is 0 Å². The van der Waals surface area contributed by atoms with Crippen molar-refractivity contribution in [3.05, 3.63) is 52.7 Å². The van der Waals surface area contributed by atoms with E-state index in [0.29, 0.717) is 0 Å². The van der Waals surface area contributed by atoms with Crippen LogP contribution in [0.15, 0.2) is 47.2 Å². The lowest BCUT2D eigenvalue weighted by atomic mass is 10.1. The summed E-state index contributed by atoms with van der Waals surface area (Å²) in [5, 5.41) is 6.38. The van der Waals surface area contributed by atoms with Crippen molar-refractivity contribution < 1.29 is 8.78 Å². The molecule has 2 rings (SSSR count). The van der Waals surface area contributed by atoms with Crippen molar-refractivity contribution in [3.8, 4) is 0 Å². The summed E-state index contributed by atoms with van der Waals surface area (Å²) in [6.45, 7) is -0.381. The highest BCUT2D eigenvalue weighted by molar-refractivity contribution is 7.08. The van der Waals surface area contributed by atoms with Gasteiger partial charge in [-0.05, 0) is 11.4 Å². The molecule has 0 radical (unpaired) electrons. The Balaban J connectivity index is 2.03. The number of hydrogen-bond donors (Lipinski definition) is 1. The Kier molecular flexibility index (Phi) is 3.19. The molecule has 0 aliphatic heterocycles. The van der Waals surface area contributed by atoms with E-state index in [9.17, 15) is 8.78 Å². The van der Waals surface area contributed by atoms with E-state index in [1.807, 2.05) is 5.38 Å². The van der Waals surface area contributed by atoms with E-state index in [0.717, 1.165) is 5.69 Å². The minimum Gasteiger partial charge on any atom is -0.378 e. The summed E-state index contributed by atoms with van der Waals surface area (Å²) in [4.78, 5) is 0. The van der Waals surface area contributed by atoms with Crippen LogP contribution in [0.2, 0.25) is 0 Å². The predicted molar refractivity (Wildman–Crippen MR) is 63.1 cm³/mol. The van der Waals surface area contributed by atoms with E-state index in [1.165, 1.54) is 23.5 Å². The lowest BCUT2D eigenvalue weighted by molar-refractivity contribution is 0.0106. The maximum Gasteiger partial charge on any atom is 0.290 e. The number of alkyl halides is 2. The van der Waals surface area contributed by atoms with Gasteiger partial charge in [0.05, 0.1) is 6.54 Å². The number of thiophene rings is 1. The van der Waals surface area contributed by atoms with Gasteiger partial charge in [0.15, 0.2) is 0 Å². The molecule has 0 atom stereocenters. The predicted octanol–water partition coefficient (Wildman–Crippen LogP) is 3.95. The summed E-state index contributed by atoms with van der Waals surface area (Å²) in [5.41, 5.74) is 0.776. The van der Waals surface area contributed by atoms with Gasteiger partial charge in [-0.15, -0.1) is 0 Å². The van der Waals surface area contributed by atoms with Crippen molar-refractivity contribution in [2.45, 2.75) is 5.92 Å². The first kappa shape index (κ1) is 11.1. The number of benzene rings is 1. The highest BCUT2D eigenvalue weighted by Crippen LogP contribution is 2.28. The summed E-state index contributed by atoms with van der Waals surface area (Å²) in [6, 6.07) is 9.63. The Hall–Kier alpha value is -1.42. The molecular formula is C12H11F2NS. The third kappa shape index (κ3) is 2.58. The van der Waals surface area contributed by atoms with Gasteiger partial charge in [0.2, 0.25) is 0 Å². The Morgan fingerprint density at radius 2 is 1.88 bits per heavy atom. The zero-order valence-corrected chi connectivity index (χ0v) is 9.31. The van der Waals surface area contributed by atoms with E-state index >= 15 is 0 Å². The third-order valence-corrected chi connectivity index (χ3v) is 2.92. The van der Waals surface area contributed by atoms with Gasteiger partial charge >= 0.3 is 0 Å². The van der Waals surface area contributed by atoms with Crippen molar-refractivity contribution in [1.82, 2.24) is 0 Å². The molecule has 16 heavy (non-hydrogen) atoms. The van der Waals surface area contributed by atoms with Crippen LogP contribution >= 0.6 is 11.3 Å². The topological polar surface area (TPSA) is 12.0 Å². The third-order valence-electron chi connectivity index (χ3n) is 2.23. The van der Waals surface area contributed by atoms with Crippen LogP contribution in [0.1, 0.15) is 5.56 Å². The van der Waals surface area contributed by atoms with Gasteiger partial charge < -0.3 is 5.32 Å². The second kappa shape index (κ2) is 4.61. The van der Waals surface area contributed by atoms with Crippen LogP contribution in [-0.2, 0) is 5.92 Å². The number of hydrogen-bond acceptors (Lipinski definition) is 2. The van der Waals surface area contributed by atoms with Crippen LogP contribution in [0.25, 0.3) is 0 Å². The Morgan fingerprint density at radius 3 is 2.50 bits per heavy atom. The smallest absolute Gasteiger partial charge is 0.290 e. The van der Waals surface area contributed by atoms with Crippen LogP contribution in [0.5, 0.6) is 0 Å². The van der Waals surface area contributed by atoms with Crippen LogP contribution < -0.4 is 5.32 Å². The monoisotopic (exact) mass is 239 g/mol. The van der Waals surface area contributed by atoms with E-state index in [2.05, 4.69) is 5.32 Å². The van der Waals surface area contributed by atoms with E-state index in [-0.39, 0.29) is 12.1 Å². The molecule has 0 spiro atoms. The first-order valence-corrected chi connectivity index (χ1v) is 5.82. The lowest BCUT2D eigenvalue weighted by Gasteiger charge is -2.17. The summed E-state index contributed by atoms with van der Waals surface area (Å²) >= 11 is 1.48. The van der Waals surface area contributed by atoms with E-state index < -0.39 is 5.92 Å². The molecule has 2 aromatic rings. The molecule has 1 aromatic carbocycles. The van der Waals surface area contributed by atoms with Gasteiger partial charge in [-0.2, -0.15) is 20.1 Å². The quantitative estimate of drug-likeness (QED) is 0.851. The molecule has 84 valence electrons. The second-order valence-corrected chi connectivity index (χ2v) is 4.22. The normalized spacial score (nSPS) is 11.4. The summed E-state index contributed by atoms with van der Waals surface area (Å²) < 4.78 is 27.4. The van der Waals surface area contributed by atoms with Crippen LogP contribution in [-0.4, -0.2) is 6.54 Å². The van der Waals surface area contributed by atoms with Gasteiger partial charge in [0.25, 0.3) is 5.92 Å². The molecule has 0 aliphatic carbocycles. The second-order valence-electron chi connectivity index (χ2n) is 3.44. The largest absolute Gasteiger partial charge is 0.378 e. The van der Waals surface area contributed by atoms with Gasteiger partial charge in [0.1, 0.15) is 0 Å². The van der Waals surface area contributed by atoms with Crippen molar-refractivity contribution in [2.75, 3.05) is 11.9 Å². The lowest BCUT2D eigenvalue weighted by Crippen LogP contribution is -2.24. The van der Waals surface area contributed by atoms with Gasteiger partial charge in [0, 0.05) is 16.6 Å². The molecule has 0 aliphatic rings. The maximum atomic E-state index is 13.7. The van der Waals surface area contributed by atoms with Crippen molar-refractivity contribution in [3.63, 3.8) is 0 Å². The fourth-order valence-electron chi connectivity index (χ4n) is 1.36. The SMILES string of the molecule is FC(F)(CNc1ccsc1)c1ccccc1. The number of anilines is 1. The Morgan fingerprint density at radius 1 is 1.12 bits per heavy atom. The number of halogens is 2. The molecule has 4 heteroatoms. The fourth-order valence-corrected chi connectivity index (χ4v) is 1.97. The summed E-state index contributed by atoms with van der Waals surface area (Å²) in [7, 11) is 0. The van der Waals surface area contributed by atoms with Crippen molar-refractivity contribution in [1.29, 1.82) is 0 Å². The first-order chi connectivity index (χ1) is 7.68. The first-order valence-electron chi connectivity index (χ1n) is 4.88. The highest BCUT2D eigenvalue weighted by Gasteiger charge is 2.30. The Labute approximate surface area is 96.7 Å². The molecule has 0 amide bonds. The zero-order valence-electron chi connectivity index (χ0n) is 8.49. The van der Waals surface area contributed by atoms with Crippen molar-refractivity contribution >= 4 is 17.0 Å². The van der Waals surface area contributed by atoms with Crippen LogP contribution in [0.3, 0.4) is 0 Å². The molecule has 0 fully saturated rings. The molecule has 0 unspecified atom stereocenters. The maximum absolute atomic E-state index is 13.7. The molecule has 1 nitrogen and oxygen atoms in total. The number of rotatable bonds is 4.